The minimum Gasteiger partial charge on any atom is -0.486 e. The van der Waals surface area contributed by atoms with Gasteiger partial charge in [0.15, 0.2) is 0 Å². The Bertz CT molecular complexity index is 505. The summed E-state index contributed by atoms with van der Waals surface area (Å²) in [5.41, 5.74) is 0.581. The van der Waals surface area contributed by atoms with E-state index < -0.39 is 0 Å². The highest BCUT2D eigenvalue weighted by atomic mass is 19.1. The van der Waals surface area contributed by atoms with Crippen LogP contribution in [0.25, 0.3) is 0 Å². The Morgan fingerprint density at radius 3 is 2.65 bits per heavy atom. The summed E-state index contributed by atoms with van der Waals surface area (Å²) in [5, 5.41) is 8.82. The first-order valence-electron chi connectivity index (χ1n) is 5.26. The molecule has 0 spiro atoms. The number of aliphatic hydroxyl groups excluding tert-OH is 1. The van der Waals surface area contributed by atoms with Crippen molar-refractivity contribution in [2.75, 3.05) is 0 Å². The van der Waals surface area contributed by atoms with E-state index in [0.29, 0.717) is 22.8 Å². The maximum atomic E-state index is 13.2. The van der Waals surface area contributed by atoms with Crippen LogP contribution >= 0.6 is 0 Å². The molecule has 4 heteroatoms. The molecule has 0 bridgehead atoms. The molecule has 1 N–H and O–H groups in total. The van der Waals surface area contributed by atoms with Gasteiger partial charge in [-0.2, -0.15) is 0 Å². The van der Waals surface area contributed by atoms with E-state index in [2.05, 4.69) is 0 Å². The number of hydrogen-bond acceptors (Lipinski definition) is 3. The third-order valence-electron chi connectivity index (χ3n) is 2.40. The van der Waals surface area contributed by atoms with Gasteiger partial charge in [-0.3, -0.25) is 0 Å². The van der Waals surface area contributed by atoms with Gasteiger partial charge in [0.1, 0.15) is 36.3 Å². The van der Waals surface area contributed by atoms with Gasteiger partial charge in [-0.05, 0) is 30.7 Å². The molecule has 0 saturated heterocycles. The molecule has 1 aromatic carbocycles. The Balaban J connectivity index is 1.99. The van der Waals surface area contributed by atoms with E-state index in [1.807, 2.05) is 0 Å². The van der Waals surface area contributed by atoms with Gasteiger partial charge in [0.25, 0.3) is 0 Å². The van der Waals surface area contributed by atoms with Crippen LogP contribution in [0.2, 0.25) is 0 Å². The van der Waals surface area contributed by atoms with Crippen LogP contribution in [0.3, 0.4) is 0 Å². The lowest BCUT2D eigenvalue weighted by molar-refractivity contribution is 0.224. The topological polar surface area (TPSA) is 42.6 Å². The molecule has 0 unspecified atom stereocenters. The van der Waals surface area contributed by atoms with Crippen LogP contribution in [0.1, 0.15) is 17.1 Å². The fourth-order valence-electron chi connectivity index (χ4n) is 1.40. The molecule has 1 heterocycles. The van der Waals surface area contributed by atoms with E-state index in [1.54, 1.807) is 31.2 Å². The van der Waals surface area contributed by atoms with Gasteiger partial charge in [0.2, 0.25) is 0 Å². The van der Waals surface area contributed by atoms with Crippen molar-refractivity contribution in [2.45, 2.75) is 20.1 Å². The Labute approximate surface area is 98.5 Å². The van der Waals surface area contributed by atoms with E-state index in [9.17, 15) is 4.39 Å². The van der Waals surface area contributed by atoms with E-state index in [-0.39, 0.29) is 19.0 Å². The maximum Gasteiger partial charge on any atom is 0.146 e. The number of hydrogen-bond donors (Lipinski definition) is 1. The van der Waals surface area contributed by atoms with Crippen molar-refractivity contribution in [1.82, 2.24) is 0 Å². The molecular weight excluding hydrogens is 223 g/mol. The second-order valence-corrected chi connectivity index (χ2v) is 3.73. The Morgan fingerprint density at radius 1 is 1.24 bits per heavy atom. The fraction of sp³-hybridized carbons (Fsp3) is 0.231. The average molecular weight is 236 g/mol. The lowest BCUT2D eigenvalue weighted by atomic mass is 10.2. The minimum atomic E-state index is -0.294. The number of furan rings is 1. The molecule has 17 heavy (non-hydrogen) atoms. The first-order valence-corrected chi connectivity index (χ1v) is 5.26. The number of ether oxygens (including phenoxy) is 1. The summed E-state index contributed by atoms with van der Waals surface area (Å²) >= 11 is 0. The predicted octanol–water partition coefficient (Wildman–Crippen LogP) is 2.80. The monoisotopic (exact) mass is 236 g/mol. The van der Waals surface area contributed by atoms with Gasteiger partial charge in [0.05, 0.1) is 0 Å². The van der Waals surface area contributed by atoms with Crippen molar-refractivity contribution in [3.8, 4) is 5.75 Å². The van der Waals surface area contributed by atoms with Gasteiger partial charge in [-0.25, -0.2) is 4.39 Å². The van der Waals surface area contributed by atoms with Gasteiger partial charge < -0.3 is 14.3 Å². The Kier molecular flexibility index (Phi) is 3.44. The molecular formula is C13H13FO3. The highest BCUT2D eigenvalue weighted by Crippen LogP contribution is 2.18. The lowest BCUT2D eigenvalue weighted by Gasteiger charge is -2.05. The highest BCUT2D eigenvalue weighted by molar-refractivity contribution is 5.28. The molecule has 1 aromatic heterocycles. The number of benzene rings is 1. The van der Waals surface area contributed by atoms with E-state index >= 15 is 0 Å². The lowest BCUT2D eigenvalue weighted by Crippen LogP contribution is -1.94. The Morgan fingerprint density at radius 2 is 2.00 bits per heavy atom. The second kappa shape index (κ2) is 5.01. The van der Waals surface area contributed by atoms with E-state index in [0.717, 1.165) is 0 Å². The molecule has 90 valence electrons. The zero-order valence-electron chi connectivity index (χ0n) is 9.44. The third kappa shape index (κ3) is 2.85. The van der Waals surface area contributed by atoms with Crippen LogP contribution in [0.15, 0.2) is 34.7 Å². The number of halogens is 1. The first-order chi connectivity index (χ1) is 8.19. The van der Waals surface area contributed by atoms with Crippen molar-refractivity contribution >= 4 is 0 Å². The van der Waals surface area contributed by atoms with Gasteiger partial charge in [-0.1, -0.05) is 6.07 Å². The van der Waals surface area contributed by atoms with E-state index in [1.165, 1.54) is 6.07 Å². The molecule has 0 aliphatic heterocycles. The van der Waals surface area contributed by atoms with Crippen molar-refractivity contribution < 1.29 is 18.7 Å². The summed E-state index contributed by atoms with van der Waals surface area (Å²) in [4.78, 5) is 0. The number of aryl methyl sites for hydroxylation is 1. The van der Waals surface area contributed by atoms with E-state index in [4.69, 9.17) is 14.3 Å². The SMILES string of the molecule is Cc1ccc(OCc2ccc(CO)o2)cc1F. The summed E-state index contributed by atoms with van der Waals surface area (Å²) in [7, 11) is 0. The summed E-state index contributed by atoms with van der Waals surface area (Å²) < 4.78 is 23.8. The van der Waals surface area contributed by atoms with Crippen molar-refractivity contribution in [1.29, 1.82) is 0 Å². The molecule has 0 aliphatic carbocycles. The maximum absolute atomic E-state index is 13.2. The molecule has 3 nitrogen and oxygen atoms in total. The standard InChI is InChI=1S/C13H13FO3/c1-9-2-3-10(6-13(9)14)16-8-12-5-4-11(7-15)17-12/h2-6,15H,7-8H2,1H3. The molecule has 2 rings (SSSR count). The molecule has 0 amide bonds. The predicted molar refractivity (Wildman–Crippen MR) is 60.1 cm³/mol. The highest BCUT2D eigenvalue weighted by Gasteiger charge is 2.04. The average Bonchev–Trinajstić information content (AvgIpc) is 2.79. The smallest absolute Gasteiger partial charge is 0.146 e. The third-order valence-corrected chi connectivity index (χ3v) is 2.40. The van der Waals surface area contributed by atoms with Crippen LogP contribution in [0.4, 0.5) is 4.39 Å². The van der Waals surface area contributed by atoms with Gasteiger partial charge in [0, 0.05) is 6.07 Å². The van der Waals surface area contributed by atoms with Crippen LogP contribution in [0.5, 0.6) is 5.75 Å². The van der Waals surface area contributed by atoms with Crippen molar-refractivity contribution in [3.63, 3.8) is 0 Å². The molecule has 0 aliphatic rings. The molecule has 2 aromatic rings. The number of rotatable bonds is 4. The molecule has 0 atom stereocenters. The fourth-order valence-corrected chi connectivity index (χ4v) is 1.40. The largest absolute Gasteiger partial charge is 0.486 e. The zero-order valence-corrected chi connectivity index (χ0v) is 9.44. The van der Waals surface area contributed by atoms with Crippen LogP contribution < -0.4 is 4.74 Å². The van der Waals surface area contributed by atoms with Crippen LogP contribution in [0, 0.1) is 12.7 Å². The Hall–Kier alpha value is -1.81. The van der Waals surface area contributed by atoms with Crippen molar-refractivity contribution in [3.05, 3.63) is 53.2 Å². The quantitative estimate of drug-likeness (QED) is 0.887. The van der Waals surface area contributed by atoms with Crippen molar-refractivity contribution in [2.24, 2.45) is 0 Å². The minimum absolute atomic E-state index is 0.140. The van der Waals surface area contributed by atoms with Gasteiger partial charge >= 0.3 is 0 Å². The normalized spacial score (nSPS) is 10.5. The summed E-state index contributed by atoms with van der Waals surface area (Å²) in [5.74, 6) is 1.24. The molecule has 0 saturated carbocycles. The molecule has 0 fully saturated rings. The number of aliphatic hydroxyl groups is 1. The summed E-state index contributed by atoms with van der Waals surface area (Å²) in [6.45, 7) is 1.76. The second-order valence-electron chi connectivity index (χ2n) is 3.73. The van der Waals surface area contributed by atoms with Crippen LogP contribution in [-0.4, -0.2) is 5.11 Å². The summed E-state index contributed by atoms with van der Waals surface area (Å²) in [6.07, 6.45) is 0. The first kappa shape index (κ1) is 11.7. The molecule has 0 radical (unpaired) electrons. The zero-order chi connectivity index (χ0) is 12.3. The van der Waals surface area contributed by atoms with Crippen LogP contribution in [-0.2, 0) is 13.2 Å². The summed E-state index contributed by atoms with van der Waals surface area (Å²) in [6, 6.07) is 8.09. The van der Waals surface area contributed by atoms with Gasteiger partial charge in [-0.15, -0.1) is 0 Å².